The zero-order valence-corrected chi connectivity index (χ0v) is 16.2. The first-order valence-corrected chi connectivity index (χ1v) is 8.28. The Labute approximate surface area is 150 Å². The maximum atomic E-state index is 12.4. The summed E-state index contributed by atoms with van der Waals surface area (Å²) >= 11 is 0. The maximum Gasteiger partial charge on any atom is 0.333 e. The van der Waals surface area contributed by atoms with Gasteiger partial charge in [-0.15, -0.1) is 0 Å². The fraction of sp³-hybridized carbons (Fsp3) is 0.778. The molecule has 0 fully saturated rings. The zero-order valence-electron chi connectivity index (χ0n) is 16.2. The summed E-state index contributed by atoms with van der Waals surface area (Å²) in [5.74, 6) is -1.16. The molecule has 2 unspecified atom stereocenters. The quantitative estimate of drug-likeness (QED) is 0.419. The van der Waals surface area contributed by atoms with E-state index in [-0.39, 0.29) is 37.6 Å². The highest BCUT2D eigenvalue weighted by molar-refractivity contribution is 5.86. The molecule has 0 rings (SSSR count). The molecule has 0 aromatic heterocycles. The van der Waals surface area contributed by atoms with Crippen molar-refractivity contribution in [1.29, 1.82) is 0 Å². The van der Waals surface area contributed by atoms with Gasteiger partial charge in [0, 0.05) is 12.7 Å². The van der Waals surface area contributed by atoms with Crippen molar-refractivity contribution in [2.24, 2.45) is 5.41 Å². The summed E-state index contributed by atoms with van der Waals surface area (Å²) in [6.07, 6.45) is -0.329. The summed E-state index contributed by atoms with van der Waals surface area (Å²) in [7, 11) is 1.49. The molecule has 7 heteroatoms. The molecule has 2 atom stereocenters. The monoisotopic (exact) mass is 360 g/mol. The molecule has 146 valence electrons. The molecule has 0 amide bonds. The van der Waals surface area contributed by atoms with Crippen molar-refractivity contribution in [1.82, 2.24) is 0 Å². The maximum absolute atomic E-state index is 12.4. The van der Waals surface area contributed by atoms with E-state index in [1.807, 2.05) is 20.8 Å². The molecule has 0 radical (unpaired) electrons. The molecular formula is C18H32O7. The second-order valence-electron chi connectivity index (χ2n) is 7.03. The third kappa shape index (κ3) is 9.00. The Morgan fingerprint density at radius 3 is 2.16 bits per heavy atom. The fourth-order valence-corrected chi connectivity index (χ4v) is 1.62. The van der Waals surface area contributed by atoms with Crippen LogP contribution in [0.1, 0.15) is 41.0 Å². The first-order valence-electron chi connectivity index (χ1n) is 8.28. The second kappa shape index (κ2) is 10.5. The first kappa shape index (κ1) is 23.6. The third-order valence-electron chi connectivity index (χ3n) is 3.75. The van der Waals surface area contributed by atoms with Gasteiger partial charge in [-0.2, -0.15) is 0 Å². The molecule has 1 N–H and O–H groups in total. The molecule has 0 bridgehead atoms. The molecule has 0 aromatic carbocycles. The minimum Gasteiger partial charge on any atom is -0.462 e. The number of ether oxygens (including phenoxy) is 4. The minimum atomic E-state index is -1.12. The van der Waals surface area contributed by atoms with Gasteiger partial charge in [0.15, 0.2) is 0 Å². The number of esters is 2. The summed E-state index contributed by atoms with van der Waals surface area (Å²) in [6.45, 7) is 12.2. The SMILES string of the molecule is C=C(C)C(=O)OCC(O)COC(=O)C(C)(COC)COC(C)(C)CC. The van der Waals surface area contributed by atoms with Gasteiger partial charge in [0.25, 0.3) is 0 Å². The van der Waals surface area contributed by atoms with Crippen molar-refractivity contribution >= 4 is 11.9 Å². The van der Waals surface area contributed by atoms with E-state index >= 15 is 0 Å². The topological polar surface area (TPSA) is 91.3 Å². The van der Waals surface area contributed by atoms with Crippen LogP contribution in [0.4, 0.5) is 0 Å². The van der Waals surface area contributed by atoms with Gasteiger partial charge < -0.3 is 24.1 Å². The Bertz CT molecular complexity index is 458. The number of carbonyl (C=O) groups is 2. The normalized spacial score (nSPS) is 15.2. The van der Waals surface area contributed by atoms with Gasteiger partial charge in [-0.1, -0.05) is 13.5 Å². The van der Waals surface area contributed by atoms with Gasteiger partial charge >= 0.3 is 11.9 Å². The molecule has 0 heterocycles. The van der Waals surface area contributed by atoms with Crippen LogP contribution in [0, 0.1) is 5.41 Å². The van der Waals surface area contributed by atoms with E-state index in [2.05, 4.69) is 6.58 Å². The number of hydrogen-bond donors (Lipinski definition) is 1. The summed E-state index contributed by atoms with van der Waals surface area (Å²) in [6, 6.07) is 0. The lowest BCUT2D eigenvalue weighted by molar-refractivity contribution is -0.171. The molecule has 25 heavy (non-hydrogen) atoms. The average molecular weight is 360 g/mol. The summed E-state index contributed by atoms with van der Waals surface area (Å²) < 4.78 is 20.9. The molecule has 0 saturated heterocycles. The lowest BCUT2D eigenvalue weighted by Crippen LogP contribution is -2.42. The van der Waals surface area contributed by atoms with Crippen LogP contribution >= 0.6 is 0 Å². The number of aliphatic hydroxyl groups excluding tert-OH is 1. The molecular weight excluding hydrogens is 328 g/mol. The molecule has 0 aliphatic carbocycles. The van der Waals surface area contributed by atoms with Crippen LogP contribution in [0.15, 0.2) is 12.2 Å². The van der Waals surface area contributed by atoms with Crippen molar-refractivity contribution in [2.45, 2.75) is 52.7 Å². The fourth-order valence-electron chi connectivity index (χ4n) is 1.62. The Hall–Kier alpha value is -1.44. The molecule has 7 nitrogen and oxygen atoms in total. The van der Waals surface area contributed by atoms with Crippen LogP contribution in [0.5, 0.6) is 0 Å². The zero-order chi connectivity index (χ0) is 19.7. The molecule has 0 saturated carbocycles. The molecule has 0 aliphatic heterocycles. The Morgan fingerprint density at radius 1 is 1.12 bits per heavy atom. The first-order chi connectivity index (χ1) is 11.5. The van der Waals surface area contributed by atoms with Gasteiger partial charge in [0.05, 0.1) is 18.8 Å². The number of aliphatic hydroxyl groups is 1. The smallest absolute Gasteiger partial charge is 0.333 e. The lowest BCUT2D eigenvalue weighted by atomic mass is 9.92. The highest BCUT2D eigenvalue weighted by Crippen LogP contribution is 2.24. The standard InChI is InChI=1S/C18H32O7/c1-8-17(4,5)25-12-18(6,11-22-7)16(21)24-10-14(19)9-23-15(20)13(2)3/h14,19H,2,8-12H2,1,3-7H3. The van der Waals surface area contributed by atoms with E-state index in [0.717, 1.165) is 6.42 Å². The van der Waals surface area contributed by atoms with E-state index in [1.54, 1.807) is 6.92 Å². The van der Waals surface area contributed by atoms with Crippen LogP contribution in [0.2, 0.25) is 0 Å². The predicted octanol–water partition coefficient (Wildman–Crippen LogP) is 1.87. The van der Waals surface area contributed by atoms with Gasteiger partial charge in [-0.3, -0.25) is 4.79 Å². The Kier molecular flexibility index (Phi) is 9.92. The van der Waals surface area contributed by atoms with E-state index in [0.29, 0.717) is 0 Å². The summed E-state index contributed by atoms with van der Waals surface area (Å²) in [4.78, 5) is 23.7. The van der Waals surface area contributed by atoms with Gasteiger partial charge in [-0.05, 0) is 34.1 Å². The third-order valence-corrected chi connectivity index (χ3v) is 3.75. The van der Waals surface area contributed by atoms with E-state index < -0.39 is 23.5 Å². The number of rotatable bonds is 12. The number of methoxy groups -OCH3 is 1. The predicted molar refractivity (Wildman–Crippen MR) is 93.0 cm³/mol. The van der Waals surface area contributed by atoms with Crippen molar-refractivity contribution < 1.29 is 33.6 Å². The van der Waals surface area contributed by atoms with Crippen molar-refractivity contribution in [3.63, 3.8) is 0 Å². The van der Waals surface area contributed by atoms with Crippen molar-refractivity contribution in [3.05, 3.63) is 12.2 Å². The number of hydrogen-bond acceptors (Lipinski definition) is 7. The van der Waals surface area contributed by atoms with Crippen LogP contribution in [-0.2, 0) is 28.5 Å². The van der Waals surface area contributed by atoms with Crippen LogP contribution in [-0.4, -0.2) is 62.3 Å². The summed E-state index contributed by atoms with van der Waals surface area (Å²) in [5.41, 5.74) is -1.14. The second-order valence-corrected chi connectivity index (χ2v) is 7.03. The van der Waals surface area contributed by atoms with Crippen LogP contribution in [0.3, 0.4) is 0 Å². The summed E-state index contributed by atoms with van der Waals surface area (Å²) in [5, 5.41) is 9.77. The van der Waals surface area contributed by atoms with Crippen molar-refractivity contribution in [3.8, 4) is 0 Å². The van der Waals surface area contributed by atoms with Crippen LogP contribution in [0.25, 0.3) is 0 Å². The molecule has 0 spiro atoms. The Balaban J connectivity index is 4.57. The minimum absolute atomic E-state index is 0.117. The lowest BCUT2D eigenvalue weighted by Gasteiger charge is -2.32. The van der Waals surface area contributed by atoms with Crippen LogP contribution < -0.4 is 0 Å². The average Bonchev–Trinajstić information content (AvgIpc) is 2.55. The highest BCUT2D eigenvalue weighted by Gasteiger charge is 2.37. The largest absolute Gasteiger partial charge is 0.462 e. The highest BCUT2D eigenvalue weighted by atomic mass is 16.6. The number of carbonyl (C=O) groups excluding carboxylic acids is 2. The van der Waals surface area contributed by atoms with Gasteiger partial charge in [-0.25, -0.2) is 4.79 Å². The molecule has 0 aromatic rings. The van der Waals surface area contributed by atoms with E-state index in [1.165, 1.54) is 14.0 Å². The Morgan fingerprint density at radius 2 is 1.68 bits per heavy atom. The van der Waals surface area contributed by atoms with Gasteiger partial charge in [0.2, 0.25) is 0 Å². The van der Waals surface area contributed by atoms with Gasteiger partial charge in [0.1, 0.15) is 24.7 Å². The van der Waals surface area contributed by atoms with Crippen molar-refractivity contribution in [2.75, 3.05) is 33.5 Å². The molecule has 0 aliphatic rings. The van der Waals surface area contributed by atoms with E-state index in [4.69, 9.17) is 18.9 Å². The van der Waals surface area contributed by atoms with E-state index in [9.17, 15) is 14.7 Å².